The molecular weight excluding hydrogens is 294 g/mol. The van der Waals surface area contributed by atoms with Gasteiger partial charge in [-0.25, -0.2) is 0 Å². The van der Waals surface area contributed by atoms with Crippen molar-refractivity contribution in [2.24, 2.45) is 5.73 Å². The monoisotopic (exact) mass is 307 g/mol. The Kier molecular flexibility index (Phi) is 4.10. The first-order chi connectivity index (χ1) is 9.72. The van der Waals surface area contributed by atoms with Gasteiger partial charge in [-0.05, 0) is 18.6 Å². The quantitative estimate of drug-likeness (QED) is 0.693. The Labute approximate surface area is 126 Å². The zero-order valence-electron chi connectivity index (χ0n) is 10.7. The van der Waals surface area contributed by atoms with E-state index in [2.05, 4.69) is 10.1 Å². The summed E-state index contributed by atoms with van der Waals surface area (Å²) in [4.78, 5) is 5.44. The lowest BCUT2D eigenvalue weighted by atomic mass is 10.1. The fourth-order valence-electron chi connectivity index (χ4n) is 2.09. The maximum atomic E-state index is 6.11. The molecule has 0 radical (unpaired) electrons. The van der Waals surface area contributed by atoms with Crippen molar-refractivity contribution in [3.05, 3.63) is 53.2 Å². The van der Waals surface area contributed by atoms with Crippen molar-refractivity contribution in [1.82, 2.24) is 10.1 Å². The normalized spacial score (nSPS) is 21.5. The topological polar surface area (TPSA) is 64.9 Å². The highest BCUT2D eigenvalue weighted by Gasteiger charge is 2.22. The number of benzene rings is 1. The zero-order chi connectivity index (χ0) is 13.9. The first-order valence-corrected chi connectivity index (χ1v) is 7.72. The third-order valence-electron chi connectivity index (χ3n) is 3.11. The number of nitrogens with two attached hydrogens (primary N) is 1. The van der Waals surface area contributed by atoms with Crippen LogP contribution in [0, 0.1) is 0 Å². The molecule has 0 spiro atoms. The number of aromatic nitrogens is 2. The van der Waals surface area contributed by atoms with Gasteiger partial charge in [-0.15, -0.1) is 11.8 Å². The van der Waals surface area contributed by atoms with Gasteiger partial charge in [-0.3, -0.25) is 0 Å². The molecule has 0 bridgehead atoms. The standard InChI is InChI=1S/C14H14ClN3OS/c15-11-3-1-2-4-12(11)20-8-13-17-14(19-18-13)9-5-6-10(16)7-9/h1-6,9-10H,7-8,16H2. The minimum Gasteiger partial charge on any atom is -0.339 e. The molecule has 0 saturated carbocycles. The highest BCUT2D eigenvalue weighted by Crippen LogP contribution is 2.30. The molecule has 2 unspecified atom stereocenters. The number of rotatable bonds is 4. The van der Waals surface area contributed by atoms with Crippen molar-refractivity contribution in [3.8, 4) is 0 Å². The Morgan fingerprint density at radius 3 is 2.95 bits per heavy atom. The van der Waals surface area contributed by atoms with Gasteiger partial charge in [-0.2, -0.15) is 4.98 Å². The van der Waals surface area contributed by atoms with Crippen molar-refractivity contribution in [1.29, 1.82) is 0 Å². The predicted octanol–water partition coefficient (Wildman–Crippen LogP) is 3.39. The van der Waals surface area contributed by atoms with Crippen molar-refractivity contribution < 1.29 is 4.52 Å². The van der Waals surface area contributed by atoms with Gasteiger partial charge in [0, 0.05) is 10.9 Å². The van der Waals surface area contributed by atoms with Gasteiger partial charge in [0.25, 0.3) is 0 Å². The van der Waals surface area contributed by atoms with E-state index in [0.717, 1.165) is 16.3 Å². The van der Waals surface area contributed by atoms with Crippen molar-refractivity contribution in [2.75, 3.05) is 0 Å². The molecule has 1 heterocycles. The van der Waals surface area contributed by atoms with Gasteiger partial charge in [0.1, 0.15) is 0 Å². The first kappa shape index (κ1) is 13.7. The van der Waals surface area contributed by atoms with Crippen LogP contribution in [0.15, 0.2) is 45.8 Å². The molecule has 3 rings (SSSR count). The van der Waals surface area contributed by atoms with Crippen LogP contribution in [0.2, 0.25) is 5.02 Å². The summed E-state index contributed by atoms with van der Waals surface area (Å²) in [6.45, 7) is 0. The van der Waals surface area contributed by atoms with Gasteiger partial charge >= 0.3 is 0 Å². The van der Waals surface area contributed by atoms with Gasteiger partial charge in [0.15, 0.2) is 5.82 Å². The molecule has 0 saturated heterocycles. The Bertz CT molecular complexity index is 628. The molecular formula is C14H14ClN3OS. The van der Waals surface area contributed by atoms with Crippen LogP contribution in [0.3, 0.4) is 0 Å². The average Bonchev–Trinajstić information content (AvgIpc) is 3.06. The molecule has 0 aliphatic heterocycles. The fraction of sp³-hybridized carbons (Fsp3) is 0.286. The van der Waals surface area contributed by atoms with Crippen LogP contribution < -0.4 is 5.73 Å². The van der Waals surface area contributed by atoms with Gasteiger partial charge < -0.3 is 10.3 Å². The van der Waals surface area contributed by atoms with Crippen LogP contribution in [0.1, 0.15) is 24.1 Å². The van der Waals surface area contributed by atoms with Gasteiger partial charge in [0.2, 0.25) is 5.89 Å². The maximum absolute atomic E-state index is 6.11. The molecule has 6 heteroatoms. The molecule has 2 atom stereocenters. The second-order valence-electron chi connectivity index (χ2n) is 4.66. The van der Waals surface area contributed by atoms with Crippen LogP contribution in [-0.4, -0.2) is 16.2 Å². The average molecular weight is 308 g/mol. The lowest BCUT2D eigenvalue weighted by Gasteiger charge is -2.02. The lowest BCUT2D eigenvalue weighted by Crippen LogP contribution is -2.14. The van der Waals surface area contributed by atoms with E-state index in [1.807, 2.05) is 36.4 Å². The molecule has 1 aromatic carbocycles. The van der Waals surface area contributed by atoms with E-state index in [1.165, 1.54) is 0 Å². The molecule has 0 amide bonds. The number of allylic oxidation sites excluding steroid dienone is 1. The van der Waals surface area contributed by atoms with Crippen LogP contribution in [0.5, 0.6) is 0 Å². The highest BCUT2D eigenvalue weighted by atomic mass is 35.5. The van der Waals surface area contributed by atoms with E-state index in [0.29, 0.717) is 17.5 Å². The second-order valence-corrected chi connectivity index (χ2v) is 6.08. The van der Waals surface area contributed by atoms with Crippen molar-refractivity contribution >= 4 is 23.4 Å². The number of hydrogen-bond acceptors (Lipinski definition) is 5. The molecule has 2 N–H and O–H groups in total. The van der Waals surface area contributed by atoms with Crippen LogP contribution >= 0.6 is 23.4 Å². The highest BCUT2D eigenvalue weighted by molar-refractivity contribution is 7.98. The van der Waals surface area contributed by atoms with E-state index in [4.69, 9.17) is 21.9 Å². The summed E-state index contributed by atoms with van der Waals surface area (Å²) < 4.78 is 5.30. The summed E-state index contributed by atoms with van der Waals surface area (Å²) in [5.41, 5.74) is 5.83. The van der Waals surface area contributed by atoms with Crippen LogP contribution in [-0.2, 0) is 5.75 Å². The van der Waals surface area contributed by atoms with E-state index >= 15 is 0 Å². The maximum Gasteiger partial charge on any atom is 0.233 e. The summed E-state index contributed by atoms with van der Waals surface area (Å²) in [5.74, 6) is 2.11. The van der Waals surface area contributed by atoms with Gasteiger partial charge in [0.05, 0.1) is 16.7 Å². The smallest absolute Gasteiger partial charge is 0.233 e. The summed E-state index contributed by atoms with van der Waals surface area (Å²) in [7, 11) is 0. The molecule has 1 aromatic heterocycles. The Morgan fingerprint density at radius 1 is 1.35 bits per heavy atom. The Morgan fingerprint density at radius 2 is 2.20 bits per heavy atom. The minimum absolute atomic E-state index is 0.0906. The third kappa shape index (κ3) is 3.06. The summed E-state index contributed by atoms with van der Waals surface area (Å²) in [6.07, 6.45) is 4.84. The van der Waals surface area contributed by atoms with Crippen molar-refractivity contribution in [2.45, 2.75) is 29.0 Å². The fourth-order valence-corrected chi connectivity index (χ4v) is 3.17. The number of thioether (sulfide) groups is 1. The summed E-state index contributed by atoms with van der Waals surface area (Å²) >= 11 is 7.70. The lowest BCUT2D eigenvalue weighted by molar-refractivity contribution is 0.361. The number of hydrogen-bond donors (Lipinski definition) is 1. The van der Waals surface area contributed by atoms with Gasteiger partial charge in [-0.1, -0.05) is 41.0 Å². The van der Waals surface area contributed by atoms with E-state index in [-0.39, 0.29) is 12.0 Å². The van der Waals surface area contributed by atoms with E-state index in [1.54, 1.807) is 11.8 Å². The third-order valence-corrected chi connectivity index (χ3v) is 4.62. The molecule has 1 aliphatic carbocycles. The minimum atomic E-state index is 0.0906. The first-order valence-electron chi connectivity index (χ1n) is 6.36. The molecule has 104 valence electrons. The molecule has 2 aromatic rings. The molecule has 4 nitrogen and oxygen atoms in total. The molecule has 0 fully saturated rings. The predicted molar refractivity (Wildman–Crippen MR) is 79.8 cm³/mol. The van der Waals surface area contributed by atoms with Crippen LogP contribution in [0.25, 0.3) is 0 Å². The summed E-state index contributed by atoms with van der Waals surface area (Å²) in [5, 5.41) is 4.75. The van der Waals surface area contributed by atoms with E-state index < -0.39 is 0 Å². The number of nitrogens with zero attached hydrogens (tertiary/aromatic N) is 2. The van der Waals surface area contributed by atoms with Crippen LogP contribution in [0.4, 0.5) is 0 Å². The molecule has 20 heavy (non-hydrogen) atoms. The number of halogens is 1. The zero-order valence-corrected chi connectivity index (χ0v) is 12.3. The second kappa shape index (κ2) is 5.99. The Hall–Kier alpha value is -1.30. The molecule has 1 aliphatic rings. The largest absolute Gasteiger partial charge is 0.339 e. The Balaban J connectivity index is 1.63. The SMILES string of the molecule is NC1C=CC(c2nc(CSc3ccccc3Cl)no2)C1. The summed E-state index contributed by atoms with van der Waals surface area (Å²) in [6, 6.07) is 7.81. The van der Waals surface area contributed by atoms with E-state index in [9.17, 15) is 0 Å². The van der Waals surface area contributed by atoms with Crippen molar-refractivity contribution in [3.63, 3.8) is 0 Å².